The summed E-state index contributed by atoms with van der Waals surface area (Å²) in [7, 11) is 2.66. The molecule has 1 aliphatic carbocycles. The van der Waals surface area contributed by atoms with E-state index in [2.05, 4.69) is 0 Å². The molecule has 204 valence electrons. The van der Waals surface area contributed by atoms with Gasteiger partial charge in [-0.25, -0.2) is 9.18 Å². The number of hydrogen-bond donors (Lipinski definition) is 0. The number of rotatable bonds is 7. The van der Waals surface area contributed by atoms with E-state index >= 15 is 0 Å². The molecule has 1 fully saturated rings. The molecular weight excluding hydrogens is 511 g/mol. The molecule has 11 heteroatoms. The van der Waals surface area contributed by atoms with Gasteiger partial charge in [0.15, 0.2) is 11.4 Å². The maximum Gasteiger partial charge on any atom is 0.533 e. The third-order valence-electron chi connectivity index (χ3n) is 7.19. The van der Waals surface area contributed by atoms with Crippen molar-refractivity contribution in [1.29, 1.82) is 0 Å². The zero-order valence-corrected chi connectivity index (χ0v) is 21.7. The molecule has 1 aliphatic heterocycles. The fourth-order valence-electron chi connectivity index (χ4n) is 5.35. The maximum atomic E-state index is 13.8. The van der Waals surface area contributed by atoms with E-state index in [4.69, 9.17) is 19.0 Å². The first-order chi connectivity index (χ1) is 18.8. The number of carbonyl (C=O) groups is 4. The molecule has 1 aromatic heterocycles. The van der Waals surface area contributed by atoms with E-state index in [0.29, 0.717) is 31.8 Å². The number of halogens is 1. The summed E-state index contributed by atoms with van der Waals surface area (Å²) in [5, 5.41) is 0.178. The second kappa shape index (κ2) is 10.4. The van der Waals surface area contributed by atoms with Crippen LogP contribution in [-0.4, -0.2) is 67.2 Å². The van der Waals surface area contributed by atoms with Crippen molar-refractivity contribution >= 4 is 34.5 Å². The van der Waals surface area contributed by atoms with Crippen LogP contribution in [0.15, 0.2) is 30.3 Å². The second-order valence-electron chi connectivity index (χ2n) is 9.40. The van der Waals surface area contributed by atoms with E-state index in [0.717, 1.165) is 16.7 Å². The molecule has 3 aromatic rings. The molecule has 0 N–H and O–H groups in total. The summed E-state index contributed by atoms with van der Waals surface area (Å²) in [6.45, 7) is 2.49. The van der Waals surface area contributed by atoms with Crippen LogP contribution < -0.4 is 14.3 Å². The van der Waals surface area contributed by atoms with Crippen molar-refractivity contribution in [3.63, 3.8) is 0 Å². The lowest BCUT2D eigenvalue weighted by Gasteiger charge is -2.33. The number of Topliss-reactive ketones (excluding diaryl/α,β-unsaturated/α-hetero) is 2. The molecule has 2 bridgehead atoms. The summed E-state index contributed by atoms with van der Waals surface area (Å²) >= 11 is 0. The quantitative estimate of drug-likeness (QED) is 0.329. The average molecular weight is 539 g/mol. The molecule has 1 amide bonds. The van der Waals surface area contributed by atoms with Gasteiger partial charge in [-0.1, -0.05) is 12.1 Å². The summed E-state index contributed by atoms with van der Waals surface area (Å²) in [4.78, 5) is 59.3. The number of benzene rings is 2. The van der Waals surface area contributed by atoms with Gasteiger partial charge in [-0.3, -0.25) is 14.4 Å². The molecule has 10 nitrogen and oxygen atoms in total. The SMILES string of the molecule is CCOC(=O)On1c2c(OC)c3c(c(C(=O)N4CCC(Cc5ccc(F)cc5)CC4)c(OC)cc31)C(=O)C2=O. The molecule has 1 saturated heterocycles. The van der Waals surface area contributed by atoms with Crippen LogP contribution in [0.4, 0.5) is 9.18 Å². The van der Waals surface area contributed by atoms with E-state index in [1.807, 2.05) is 0 Å². The van der Waals surface area contributed by atoms with Gasteiger partial charge in [0.25, 0.3) is 11.7 Å². The monoisotopic (exact) mass is 538 g/mol. The zero-order chi connectivity index (χ0) is 27.8. The highest BCUT2D eigenvalue weighted by atomic mass is 19.1. The molecule has 2 aromatic carbocycles. The highest BCUT2D eigenvalue weighted by molar-refractivity contribution is 6.55. The van der Waals surface area contributed by atoms with Crippen molar-refractivity contribution in [3.8, 4) is 11.5 Å². The number of hydrogen-bond acceptors (Lipinski definition) is 8. The lowest BCUT2D eigenvalue weighted by atomic mass is 9.88. The highest BCUT2D eigenvalue weighted by Crippen LogP contribution is 2.45. The Hall–Kier alpha value is -4.41. The van der Waals surface area contributed by atoms with Gasteiger partial charge in [0, 0.05) is 19.2 Å². The van der Waals surface area contributed by atoms with E-state index in [9.17, 15) is 23.6 Å². The number of piperidine rings is 1. The largest absolute Gasteiger partial charge is 0.533 e. The van der Waals surface area contributed by atoms with Crippen molar-refractivity contribution in [1.82, 2.24) is 9.63 Å². The number of carbonyl (C=O) groups excluding carboxylic acids is 4. The van der Waals surface area contributed by atoms with Gasteiger partial charge in [0.2, 0.25) is 5.78 Å². The first-order valence-corrected chi connectivity index (χ1v) is 12.6. The van der Waals surface area contributed by atoms with Crippen LogP contribution >= 0.6 is 0 Å². The summed E-state index contributed by atoms with van der Waals surface area (Å²) in [5.41, 5.74) is 0.711. The molecule has 39 heavy (non-hydrogen) atoms. The van der Waals surface area contributed by atoms with Crippen molar-refractivity contribution in [3.05, 3.63) is 58.5 Å². The predicted octanol–water partition coefficient (Wildman–Crippen LogP) is 3.86. The van der Waals surface area contributed by atoms with Crippen molar-refractivity contribution in [2.75, 3.05) is 33.9 Å². The standard InChI is InChI=1S/C28H27FN2O8/c1-4-38-28(35)39-31-18-14-19(36-2)21(22-20(18)26(37-3)23(31)25(33)24(22)32)27(34)30-11-9-16(10-12-30)13-15-5-7-17(29)8-6-15/h5-8,14,16H,4,9-13H2,1-3H3. The second-order valence-corrected chi connectivity index (χ2v) is 9.40. The molecular formula is C28H27FN2O8. The first-order valence-electron chi connectivity index (χ1n) is 12.6. The number of likely N-dealkylation sites (tertiary alicyclic amines) is 1. The minimum absolute atomic E-state index is 0.0172. The molecule has 0 atom stereocenters. The first kappa shape index (κ1) is 26.2. The highest BCUT2D eigenvalue weighted by Gasteiger charge is 2.43. The minimum atomic E-state index is -1.08. The number of aromatic nitrogens is 1. The van der Waals surface area contributed by atoms with Crippen LogP contribution in [0, 0.1) is 11.7 Å². The molecule has 2 aliphatic rings. The van der Waals surface area contributed by atoms with Crippen molar-refractivity contribution < 1.29 is 42.6 Å². The lowest BCUT2D eigenvalue weighted by Crippen LogP contribution is -2.40. The summed E-state index contributed by atoms with van der Waals surface area (Å²) in [6, 6.07) is 7.83. The third-order valence-corrected chi connectivity index (χ3v) is 7.19. The van der Waals surface area contributed by atoms with Gasteiger partial charge in [0.05, 0.1) is 42.9 Å². The lowest BCUT2D eigenvalue weighted by molar-refractivity contribution is 0.0513. The molecule has 5 rings (SSSR count). The Balaban J connectivity index is 1.49. The smallest absolute Gasteiger partial charge is 0.496 e. The third kappa shape index (κ3) is 4.47. The zero-order valence-electron chi connectivity index (χ0n) is 21.7. The van der Waals surface area contributed by atoms with Gasteiger partial charge in [-0.15, -0.1) is 0 Å². The number of ketones is 2. The molecule has 2 heterocycles. The van der Waals surface area contributed by atoms with Crippen molar-refractivity contribution in [2.45, 2.75) is 26.2 Å². The molecule has 0 unspecified atom stereocenters. The number of nitrogens with zero attached hydrogens (tertiary/aromatic N) is 2. The Morgan fingerprint density at radius 3 is 2.33 bits per heavy atom. The Bertz CT molecular complexity index is 1490. The Morgan fingerprint density at radius 2 is 1.72 bits per heavy atom. The van der Waals surface area contributed by atoms with E-state index in [1.165, 1.54) is 32.4 Å². The van der Waals surface area contributed by atoms with Gasteiger partial charge >= 0.3 is 6.16 Å². The van der Waals surface area contributed by atoms with Gasteiger partial charge in [-0.2, -0.15) is 4.73 Å². The van der Waals surface area contributed by atoms with Crippen LogP contribution in [0.3, 0.4) is 0 Å². The number of methoxy groups -OCH3 is 2. The van der Waals surface area contributed by atoms with Gasteiger partial charge in [-0.05, 0) is 49.8 Å². The fraction of sp³-hybridized carbons (Fsp3) is 0.357. The fourth-order valence-corrected chi connectivity index (χ4v) is 5.35. The van der Waals surface area contributed by atoms with E-state index < -0.39 is 23.6 Å². The number of fused-ring (bicyclic) bond motifs is 1. The van der Waals surface area contributed by atoms with Crippen LogP contribution in [0.2, 0.25) is 0 Å². The van der Waals surface area contributed by atoms with E-state index in [-0.39, 0.29) is 51.6 Å². The summed E-state index contributed by atoms with van der Waals surface area (Å²) < 4.78 is 29.9. The predicted molar refractivity (Wildman–Crippen MR) is 136 cm³/mol. The van der Waals surface area contributed by atoms with Crippen LogP contribution in [-0.2, 0) is 11.2 Å². The Morgan fingerprint density at radius 1 is 1.03 bits per heavy atom. The van der Waals surface area contributed by atoms with Crippen LogP contribution in [0.1, 0.15) is 56.5 Å². The molecule has 0 spiro atoms. The van der Waals surface area contributed by atoms with Gasteiger partial charge in [0.1, 0.15) is 11.6 Å². The Labute approximate surface area is 223 Å². The van der Waals surface area contributed by atoms with Gasteiger partial charge < -0.3 is 23.9 Å². The topological polar surface area (TPSA) is 113 Å². The average Bonchev–Trinajstić information content (AvgIpc) is 3.22. The normalized spacial score (nSPS) is 15.1. The summed E-state index contributed by atoms with van der Waals surface area (Å²) in [6.07, 6.45) is 1.12. The Kier molecular flexibility index (Phi) is 6.98. The number of amides is 1. The molecule has 0 radical (unpaired) electrons. The van der Waals surface area contributed by atoms with Crippen LogP contribution in [0.5, 0.6) is 11.5 Å². The molecule has 0 saturated carbocycles. The number of ether oxygens (including phenoxy) is 3. The van der Waals surface area contributed by atoms with Crippen molar-refractivity contribution in [2.24, 2.45) is 5.92 Å². The maximum absolute atomic E-state index is 13.8. The summed E-state index contributed by atoms with van der Waals surface area (Å²) in [5.74, 6) is -2.27. The van der Waals surface area contributed by atoms with Crippen LogP contribution in [0.25, 0.3) is 10.9 Å². The minimum Gasteiger partial charge on any atom is -0.496 e. The van der Waals surface area contributed by atoms with E-state index in [1.54, 1.807) is 24.0 Å².